The Morgan fingerprint density at radius 3 is 2.65 bits per heavy atom. The fourth-order valence-electron chi connectivity index (χ4n) is 2.43. The third kappa shape index (κ3) is 5.29. The van der Waals surface area contributed by atoms with E-state index in [9.17, 15) is 4.79 Å². The van der Waals surface area contributed by atoms with Crippen molar-refractivity contribution in [3.05, 3.63) is 64.2 Å². The maximum Gasteiger partial charge on any atom is 0.258 e. The summed E-state index contributed by atoms with van der Waals surface area (Å²) in [6, 6.07) is 13.3. The maximum absolute atomic E-state index is 11.9. The summed E-state index contributed by atoms with van der Waals surface area (Å²) < 4.78 is 5.56. The minimum atomic E-state index is -0.157. The zero-order valence-corrected chi connectivity index (χ0v) is 14.5. The molecule has 0 heterocycles. The Kier molecular flexibility index (Phi) is 6.05. The lowest BCUT2D eigenvalue weighted by molar-refractivity contribution is -0.123. The molecule has 1 N–H and O–H groups in total. The van der Waals surface area contributed by atoms with Crippen LogP contribution in [-0.4, -0.2) is 12.5 Å². The van der Waals surface area contributed by atoms with E-state index >= 15 is 0 Å². The van der Waals surface area contributed by atoms with Crippen molar-refractivity contribution in [1.29, 1.82) is 0 Å². The largest absolute Gasteiger partial charge is 0.484 e. The number of benzene rings is 2. The summed E-state index contributed by atoms with van der Waals surface area (Å²) in [5.74, 6) is 1.03. The Hall–Kier alpha value is -2.00. The molecule has 0 aliphatic heterocycles. The van der Waals surface area contributed by atoms with Gasteiger partial charge in [0.1, 0.15) is 5.75 Å². The Bertz CT molecular complexity index is 683. The minimum absolute atomic E-state index is 0.00102. The van der Waals surface area contributed by atoms with Gasteiger partial charge in [-0.3, -0.25) is 4.79 Å². The molecule has 23 heavy (non-hydrogen) atoms. The Balaban J connectivity index is 1.83. The van der Waals surface area contributed by atoms with Crippen molar-refractivity contribution in [1.82, 2.24) is 5.32 Å². The van der Waals surface area contributed by atoms with Crippen LogP contribution in [0.3, 0.4) is 0 Å². The standard InChI is InChI=1S/C19H22ClNO2/c1-13(2)18-8-7-17(9-14(18)3)23-12-19(22)21-11-15-5-4-6-16(20)10-15/h4-10,13H,11-12H2,1-3H3,(H,21,22). The maximum atomic E-state index is 11.9. The molecule has 0 unspecified atom stereocenters. The van der Waals surface area contributed by atoms with E-state index in [1.807, 2.05) is 30.3 Å². The first kappa shape index (κ1) is 17.4. The van der Waals surface area contributed by atoms with Gasteiger partial charge in [0.2, 0.25) is 0 Å². The first-order chi connectivity index (χ1) is 11.0. The van der Waals surface area contributed by atoms with Crippen LogP contribution >= 0.6 is 11.6 Å². The number of carbonyl (C=O) groups is 1. The Labute approximate surface area is 142 Å². The van der Waals surface area contributed by atoms with Gasteiger partial charge in [-0.2, -0.15) is 0 Å². The zero-order chi connectivity index (χ0) is 16.8. The number of hydrogen-bond donors (Lipinski definition) is 1. The number of carbonyl (C=O) groups excluding carboxylic acids is 1. The molecule has 4 heteroatoms. The van der Waals surface area contributed by atoms with Crippen LogP contribution in [0.15, 0.2) is 42.5 Å². The summed E-state index contributed by atoms with van der Waals surface area (Å²) in [5, 5.41) is 3.48. The zero-order valence-electron chi connectivity index (χ0n) is 13.7. The second-order valence-corrected chi connectivity index (χ2v) is 6.30. The summed E-state index contributed by atoms with van der Waals surface area (Å²) >= 11 is 5.91. The van der Waals surface area contributed by atoms with Crippen molar-refractivity contribution >= 4 is 17.5 Å². The molecule has 0 aliphatic rings. The van der Waals surface area contributed by atoms with Crippen molar-refractivity contribution in [2.75, 3.05) is 6.61 Å². The number of nitrogens with one attached hydrogen (secondary N) is 1. The number of halogens is 1. The van der Waals surface area contributed by atoms with Crippen molar-refractivity contribution in [2.24, 2.45) is 0 Å². The van der Waals surface area contributed by atoms with Crippen molar-refractivity contribution in [2.45, 2.75) is 33.2 Å². The first-order valence-corrected chi connectivity index (χ1v) is 8.08. The minimum Gasteiger partial charge on any atom is -0.484 e. The summed E-state index contributed by atoms with van der Waals surface area (Å²) in [7, 11) is 0. The predicted molar refractivity (Wildman–Crippen MR) is 94.1 cm³/mol. The molecule has 2 aromatic rings. The third-order valence-electron chi connectivity index (χ3n) is 3.61. The lowest BCUT2D eigenvalue weighted by atomic mass is 9.98. The van der Waals surface area contributed by atoms with Crippen LogP contribution in [0.25, 0.3) is 0 Å². The summed E-state index contributed by atoms with van der Waals surface area (Å²) in [5.41, 5.74) is 3.43. The van der Waals surface area contributed by atoms with Gasteiger partial charge in [-0.15, -0.1) is 0 Å². The van der Waals surface area contributed by atoms with E-state index in [1.165, 1.54) is 11.1 Å². The van der Waals surface area contributed by atoms with Crippen LogP contribution in [0.5, 0.6) is 5.75 Å². The summed E-state index contributed by atoms with van der Waals surface area (Å²) in [6.07, 6.45) is 0. The van der Waals surface area contributed by atoms with Crippen molar-refractivity contribution < 1.29 is 9.53 Å². The van der Waals surface area contributed by atoms with Crippen LogP contribution < -0.4 is 10.1 Å². The monoisotopic (exact) mass is 331 g/mol. The molecule has 2 rings (SSSR count). The van der Waals surface area contributed by atoms with E-state index in [0.717, 1.165) is 5.56 Å². The number of ether oxygens (including phenoxy) is 1. The van der Waals surface area contributed by atoms with Gasteiger partial charge in [0.15, 0.2) is 6.61 Å². The van der Waals surface area contributed by atoms with Gasteiger partial charge >= 0.3 is 0 Å². The highest BCUT2D eigenvalue weighted by Gasteiger charge is 2.07. The normalized spacial score (nSPS) is 10.7. The molecule has 0 fully saturated rings. The van der Waals surface area contributed by atoms with Crippen LogP contribution in [0, 0.1) is 6.92 Å². The van der Waals surface area contributed by atoms with Crippen LogP contribution in [0.1, 0.15) is 36.5 Å². The summed E-state index contributed by atoms with van der Waals surface area (Å²) in [4.78, 5) is 11.9. The molecule has 0 aromatic heterocycles. The molecule has 0 saturated carbocycles. The second kappa shape index (κ2) is 8.02. The molecule has 3 nitrogen and oxygen atoms in total. The Morgan fingerprint density at radius 2 is 2.00 bits per heavy atom. The van der Waals surface area contributed by atoms with E-state index in [4.69, 9.17) is 16.3 Å². The smallest absolute Gasteiger partial charge is 0.258 e. The predicted octanol–water partition coefficient (Wildman–Crippen LogP) is 4.47. The number of rotatable bonds is 6. The molecule has 122 valence electrons. The molecule has 0 spiro atoms. The van der Waals surface area contributed by atoms with Gasteiger partial charge in [-0.25, -0.2) is 0 Å². The average Bonchev–Trinajstić information content (AvgIpc) is 2.50. The van der Waals surface area contributed by atoms with E-state index in [2.05, 4.69) is 32.2 Å². The van der Waals surface area contributed by atoms with Crippen LogP contribution in [0.2, 0.25) is 5.02 Å². The first-order valence-electron chi connectivity index (χ1n) is 7.70. The lowest BCUT2D eigenvalue weighted by Gasteiger charge is -2.12. The fraction of sp³-hybridized carbons (Fsp3) is 0.316. The molecule has 0 saturated heterocycles. The van der Waals surface area contributed by atoms with Crippen LogP contribution in [-0.2, 0) is 11.3 Å². The van der Waals surface area contributed by atoms with Gasteiger partial charge in [0, 0.05) is 11.6 Å². The van der Waals surface area contributed by atoms with Crippen molar-refractivity contribution in [3.63, 3.8) is 0 Å². The average molecular weight is 332 g/mol. The number of amides is 1. The van der Waals surface area contributed by atoms with Gasteiger partial charge in [-0.05, 0) is 53.8 Å². The van der Waals surface area contributed by atoms with Crippen LogP contribution in [0.4, 0.5) is 0 Å². The second-order valence-electron chi connectivity index (χ2n) is 5.87. The molecule has 1 amide bonds. The van der Waals surface area contributed by atoms with E-state index in [1.54, 1.807) is 6.07 Å². The highest BCUT2D eigenvalue weighted by atomic mass is 35.5. The summed E-state index contributed by atoms with van der Waals surface area (Å²) in [6.45, 7) is 6.81. The molecular weight excluding hydrogens is 310 g/mol. The number of aryl methyl sites for hydroxylation is 1. The molecular formula is C19H22ClNO2. The fourth-order valence-corrected chi connectivity index (χ4v) is 2.65. The highest BCUT2D eigenvalue weighted by molar-refractivity contribution is 6.30. The highest BCUT2D eigenvalue weighted by Crippen LogP contribution is 2.23. The van der Waals surface area contributed by atoms with Gasteiger partial charge in [0.05, 0.1) is 0 Å². The molecule has 0 aliphatic carbocycles. The number of hydrogen-bond acceptors (Lipinski definition) is 2. The van der Waals surface area contributed by atoms with Gasteiger partial charge in [0.25, 0.3) is 5.91 Å². The Morgan fingerprint density at radius 1 is 1.22 bits per heavy atom. The topological polar surface area (TPSA) is 38.3 Å². The van der Waals surface area contributed by atoms with Crippen molar-refractivity contribution in [3.8, 4) is 5.75 Å². The third-order valence-corrected chi connectivity index (χ3v) is 3.85. The molecule has 0 radical (unpaired) electrons. The quantitative estimate of drug-likeness (QED) is 0.848. The molecule has 2 aromatic carbocycles. The van der Waals surface area contributed by atoms with E-state index in [-0.39, 0.29) is 12.5 Å². The van der Waals surface area contributed by atoms with Gasteiger partial charge in [-0.1, -0.05) is 43.6 Å². The molecule has 0 bridgehead atoms. The van der Waals surface area contributed by atoms with E-state index in [0.29, 0.717) is 23.2 Å². The molecule has 0 atom stereocenters. The van der Waals surface area contributed by atoms with Gasteiger partial charge < -0.3 is 10.1 Å². The lowest BCUT2D eigenvalue weighted by Crippen LogP contribution is -2.28. The SMILES string of the molecule is Cc1cc(OCC(=O)NCc2cccc(Cl)c2)ccc1C(C)C. The van der Waals surface area contributed by atoms with E-state index < -0.39 is 0 Å².